The maximum atomic E-state index is 11.9. The molecule has 0 fully saturated rings. The minimum atomic E-state index is -0.221. The molecule has 18 heavy (non-hydrogen) atoms. The monoisotopic (exact) mass is 282 g/mol. The third-order valence-electron chi connectivity index (χ3n) is 2.10. The van der Waals surface area contributed by atoms with Gasteiger partial charge in [-0.3, -0.25) is 4.79 Å². The van der Waals surface area contributed by atoms with Crippen molar-refractivity contribution in [1.29, 1.82) is 0 Å². The number of nitrogens with zero attached hydrogens (tertiary/aromatic N) is 1. The van der Waals surface area contributed by atoms with Crippen LogP contribution >= 0.6 is 22.9 Å². The average molecular weight is 283 g/mol. The summed E-state index contributed by atoms with van der Waals surface area (Å²) in [7, 11) is 0. The summed E-state index contributed by atoms with van der Waals surface area (Å²) >= 11 is 7.02. The number of pyridine rings is 1. The molecule has 0 atom stereocenters. The standard InChI is InChI=1S/C12H11ClN2O2S/c1-2-17-12-8(4-3-7-14-12)15-11(16)9-5-6-10(13)18-9/h3-7H,2H2,1H3,(H,15,16). The summed E-state index contributed by atoms with van der Waals surface area (Å²) in [6, 6.07) is 6.84. The maximum absolute atomic E-state index is 11.9. The van der Waals surface area contributed by atoms with E-state index in [1.165, 1.54) is 11.3 Å². The van der Waals surface area contributed by atoms with Gasteiger partial charge in [-0.25, -0.2) is 4.98 Å². The molecule has 6 heteroatoms. The number of hydrogen-bond acceptors (Lipinski definition) is 4. The van der Waals surface area contributed by atoms with E-state index in [2.05, 4.69) is 10.3 Å². The summed E-state index contributed by atoms with van der Waals surface area (Å²) in [6.45, 7) is 2.35. The molecule has 1 amide bonds. The molecule has 2 aromatic heterocycles. The number of halogens is 1. The van der Waals surface area contributed by atoms with Crippen molar-refractivity contribution in [1.82, 2.24) is 4.98 Å². The van der Waals surface area contributed by atoms with Crippen LogP contribution in [-0.4, -0.2) is 17.5 Å². The van der Waals surface area contributed by atoms with Gasteiger partial charge in [0, 0.05) is 6.20 Å². The summed E-state index contributed by atoms with van der Waals surface area (Å²) < 4.78 is 5.91. The van der Waals surface area contributed by atoms with Crippen molar-refractivity contribution in [2.75, 3.05) is 11.9 Å². The molecule has 2 heterocycles. The highest BCUT2D eigenvalue weighted by Crippen LogP contribution is 2.25. The van der Waals surface area contributed by atoms with Gasteiger partial charge < -0.3 is 10.1 Å². The lowest BCUT2D eigenvalue weighted by molar-refractivity contribution is 0.103. The first kappa shape index (κ1) is 12.9. The van der Waals surface area contributed by atoms with E-state index in [0.29, 0.717) is 27.4 Å². The second-order valence-corrected chi connectivity index (χ2v) is 5.06. The van der Waals surface area contributed by atoms with Gasteiger partial charge in [-0.2, -0.15) is 0 Å². The van der Waals surface area contributed by atoms with Gasteiger partial charge in [0.25, 0.3) is 5.91 Å². The van der Waals surface area contributed by atoms with E-state index in [9.17, 15) is 4.79 Å². The number of carbonyl (C=O) groups is 1. The summed E-state index contributed by atoms with van der Waals surface area (Å²) in [6.07, 6.45) is 1.61. The molecule has 0 aliphatic rings. The first-order valence-electron chi connectivity index (χ1n) is 5.35. The zero-order valence-corrected chi connectivity index (χ0v) is 11.2. The van der Waals surface area contributed by atoms with Gasteiger partial charge in [-0.05, 0) is 31.2 Å². The van der Waals surface area contributed by atoms with E-state index in [4.69, 9.17) is 16.3 Å². The molecule has 0 saturated carbocycles. The van der Waals surface area contributed by atoms with Gasteiger partial charge in [0.2, 0.25) is 5.88 Å². The fourth-order valence-electron chi connectivity index (χ4n) is 1.36. The minimum absolute atomic E-state index is 0.221. The molecule has 1 N–H and O–H groups in total. The van der Waals surface area contributed by atoms with Gasteiger partial charge in [0.15, 0.2) is 0 Å². The Morgan fingerprint density at radius 1 is 1.50 bits per heavy atom. The number of rotatable bonds is 4. The molecular formula is C12H11ClN2O2S. The molecule has 0 spiro atoms. The Bertz CT molecular complexity index is 557. The second-order valence-electron chi connectivity index (χ2n) is 3.35. The largest absolute Gasteiger partial charge is 0.476 e. The highest BCUT2D eigenvalue weighted by molar-refractivity contribution is 7.18. The Morgan fingerprint density at radius 3 is 3.00 bits per heavy atom. The van der Waals surface area contributed by atoms with Gasteiger partial charge in [-0.1, -0.05) is 11.6 Å². The zero-order chi connectivity index (χ0) is 13.0. The second kappa shape index (κ2) is 5.84. The quantitative estimate of drug-likeness (QED) is 0.934. The summed E-state index contributed by atoms with van der Waals surface area (Å²) in [5.74, 6) is 0.192. The topological polar surface area (TPSA) is 51.2 Å². The molecule has 94 valence electrons. The minimum Gasteiger partial charge on any atom is -0.476 e. The Hall–Kier alpha value is -1.59. The van der Waals surface area contributed by atoms with Crippen LogP contribution in [0.4, 0.5) is 5.69 Å². The third kappa shape index (κ3) is 3.00. The number of thiophene rings is 1. The van der Waals surface area contributed by atoms with Crippen molar-refractivity contribution in [3.8, 4) is 5.88 Å². The first-order valence-corrected chi connectivity index (χ1v) is 6.54. The molecule has 2 rings (SSSR count). The van der Waals surface area contributed by atoms with E-state index in [1.807, 2.05) is 6.92 Å². The van der Waals surface area contributed by atoms with Crippen molar-refractivity contribution in [3.05, 3.63) is 39.7 Å². The summed E-state index contributed by atoms with van der Waals surface area (Å²) in [4.78, 5) is 16.5. The Balaban J connectivity index is 2.16. The van der Waals surface area contributed by atoms with Crippen LogP contribution in [0.25, 0.3) is 0 Å². The lowest BCUT2D eigenvalue weighted by atomic mass is 10.3. The number of hydrogen-bond donors (Lipinski definition) is 1. The van der Waals surface area contributed by atoms with Crippen molar-refractivity contribution < 1.29 is 9.53 Å². The van der Waals surface area contributed by atoms with E-state index in [1.54, 1.807) is 30.5 Å². The van der Waals surface area contributed by atoms with Gasteiger partial charge in [0.05, 0.1) is 15.8 Å². The third-order valence-corrected chi connectivity index (χ3v) is 3.33. The van der Waals surface area contributed by atoms with Crippen molar-refractivity contribution in [3.63, 3.8) is 0 Å². The van der Waals surface area contributed by atoms with Crippen LogP contribution in [0.1, 0.15) is 16.6 Å². The molecule has 0 radical (unpaired) electrons. The van der Waals surface area contributed by atoms with Crippen LogP contribution in [0.2, 0.25) is 4.34 Å². The number of carbonyl (C=O) groups excluding carboxylic acids is 1. The predicted octanol–water partition coefficient (Wildman–Crippen LogP) is 3.45. The maximum Gasteiger partial charge on any atom is 0.265 e. The van der Waals surface area contributed by atoms with E-state index >= 15 is 0 Å². The smallest absolute Gasteiger partial charge is 0.265 e. The lowest BCUT2D eigenvalue weighted by Crippen LogP contribution is -2.11. The number of nitrogens with one attached hydrogen (secondary N) is 1. The molecule has 0 aliphatic heterocycles. The van der Waals surface area contributed by atoms with Crippen LogP contribution in [0.3, 0.4) is 0 Å². The van der Waals surface area contributed by atoms with E-state index in [-0.39, 0.29) is 5.91 Å². The summed E-state index contributed by atoms with van der Waals surface area (Å²) in [5.41, 5.74) is 0.550. The average Bonchev–Trinajstić information content (AvgIpc) is 2.79. The number of anilines is 1. The Labute approximate surface area is 114 Å². The number of aromatic nitrogens is 1. The highest BCUT2D eigenvalue weighted by Gasteiger charge is 2.12. The molecule has 0 aromatic carbocycles. The van der Waals surface area contributed by atoms with Crippen LogP contribution in [0, 0.1) is 0 Å². The molecule has 0 saturated heterocycles. The zero-order valence-electron chi connectivity index (χ0n) is 9.64. The van der Waals surface area contributed by atoms with Gasteiger partial charge in [-0.15, -0.1) is 11.3 Å². The predicted molar refractivity (Wildman–Crippen MR) is 72.7 cm³/mol. The van der Waals surface area contributed by atoms with E-state index in [0.717, 1.165) is 0 Å². The highest BCUT2D eigenvalue weighted by atomic mass is 35.5. The molecule has 0 bridgehead atoms. The van der Waals surface area contributed by atoms with Gasteiger partial charge >= 0.3 is 0 Å². The Morgan fingerprint density at radius 2 is 2.33 bits per heavy atom. The van der Waals surface area contributed by atoms with Crippen molar-refractivity contribution >= 4 is 34.5 Å². The number of amides is 1. The Kier molecular flexibility index (Phi) is 4.17. The lowest BCUT2D eigenvalue weighted by Gasteiger charge is -2.08. The van der Waals surface area contributed by atoms with Crippen molar-refractivity contribution in [2.24, 2.45) is 0 Å². The molecule has 4 nitrogen and oxygen atoms in total. The first-order chi connectivity index (χ1) is 8.70. The fraction of sp³-hybridized carbons (Fsp3) is 0.167. The van der Waals surface area contributed by atoms with Crippen LogP contribution in [0.15, 0.2) is 30.5 Å². The van der Waals surface area contributed by atoms with Gasteiger partial charge in [0.1, 0.15) is 5.69 Å². The molecule has 2 aromatic rings. The fourth-order valence-corrected chi connectivity index (χ4v) is 2.30. The normalized spacial score (nSPS) is 10.1. The molecule has 0 unspecified atom stereocenters. The molecule has 0 aliphatic carbocycles. The summed E-state index contributed by atoms with van der Waals surface area (Å²) in [5, 5.41) is 2.75. The molecular weight excluding hydrogens is 272 g/mol. The van der Waals surface area contributed by atoms with Crippen LogP contribution in [-0.2, 0) is 0 Å². The number of ether oxygens (including phenoxy) is 1. The van der Waals surface area contributed by atoms with Crippen LogP contribution < -0.4 is 10.1 Å². The van der Waals surface area contributed by atoms with Crippen LogP contribution in [0.5, 0.6) is 5.88 Å². The van der Waals surface area contributed by atoms with E-state index < -0.39 is 0 Å². The SMILES string of the molecule is CCOc1ncccc1NC(=O)c1ccc(Cl)s1. The van der Waals surface area contributed by atoms with Crippen molar-refractivity contribution in [2.45, 2.75) is 6.92 Å².